The number of aliphatic hydroxyl groups is 2. The Labute approximate surface area is 124 Å². The van der Waals surface area contributed by atoms with Crippen molar-refractivity contribution >= 4 is 15.7 Å². The highest BCUT2D eigenvalue weighted by atomic mass is 32.2. The molecule has 0 aromatic heterocycles. The van der Waals surface area contributed by atoms with E-state index in [4.69, 9.17) is 5.11 Å². The third-order valence-corrected chi connectivity index (χ3v) is 8.19. The number of rotatable bonds is 4. The zero-order valence-electron chi connectivity index (χ0n) is 11.9. The van der Waals surface area contributed by atoms with Gasteiger partial charge in [0, 0.05) is 24.4 Å². The van der Waals surface area contributed by atoms with Crippen molar-refractivity contribution in [2.24, 2.45) is 17.8 Å². The summed E-state index contributed by atoms with van der Waals surface area (Å²) in [5, 5.41) is 23.3. The van der Waals surface area contributed by atoms with Gasteiger partial charge in [-0.1, -0.05) is 0 Å². The number of amides is 1. The number of carbonyl (C=O) groups is 1. The van der Waals surface area contributed by atoms with Crippen LogP contribution in [0.2, 0.25) is 0 Å². The molecule has 2 heterocycles. The summed E-state index contributed by atoms with van der Waals surface area (Å²) >= 11 is 0. The summed E-state index contributed by atoms with van der Waals surface area (Å²) < 4.78 is 25.7. The van der Waals surface area contributed by atoms with Gasteiger partial charge in [0.25, 0.3) is 0 Å². The van der Waals surface area contributed by atoms with Gasteiger partial charge >= 0.3 is 0 Å². The SMILES string of the molecule is CN[C@@H]1[C@@H]2C3C[C@H](CNC3=O)[C@@H]2S(=O)(=O)[C@H]1C[C@H](O)CO. The molecule has 1 aliphatic carbocycles. The van der Waals surface area contributed by atoms with E-state index >= 15 is 0 Å². The molecule has 0 radical (unpaired) electrons. The van der Waals surface area contributed by atoms with Crippen LogP contribution < -0.4 is 10.6 Å². The molecule has 1 saturated carbocycles. The van der Waals surface area contributed by atoms with Gasteiger partial charge in [0.05, 0.1) is 23.2 Å². The van der Waals surface area contributed by atoms with Gasteiger partial charge in [-0.3, -0.25) is 4.79 Å². The zero-order valence-corrected chi connectivity index (χ0v) is 12.7. The van der Waals surface area contributed by atoms with Crippen molar-refractivity contribution in [1.29, 1.82) is 0 Å². The average molecular weight is 318 g/mol. The predicted molar refractivity (Wildman–Crippen MR) is 75.1 cm³/mol. The van der Waals surface area contributed by atoms with Crippen molar-refractivity contribution in [3.8, 4) is 0 Å². The maximum Gasteiger partial charge on any atom is 0.223 e. The lowest BCUT2D eigenvalue weighted by Gasteiger charge is -2.29. The highest BCUT2D eigenvalue weighted by molar-refractivity contribution is 7.93. The first-order chi connectivity index (χ1) is 9.91. The number of fused-ring (bicyclic) bond motifs is 5. The van der Waals surface area contributed by atoms with Gasteiger partial charge < -0.3 is 20.8 Å². The first-order valence-electron chi connectivity index (χ1n) is 7.38. The topological polar surface area (TPSA) is 116 Å². The molecule has 3 fully saturated rings. The Morgan fingerprint density at radius 3 is 2.81 bits per heavy atom. The summed E-state index contributed by atoms with van der Waals surface area (Å²) in [6, 6.07) is -0.347. The number of carbonyl (C=O) groups excluding carboxylic acids is 1. The fourth-order valence-electron chi connectivity index (χ4n) is 4.60. The number of sulfone groups is 1. The molecule has 3 rings (SSSR count). The number of hydrogen-bond acceptors (Lipinski definition) is 6. The van der Waals surface area contributed by atoms with Gasteiger partial charge in [0.15, 0.2) is 9.84 Å². The van der Waals surface area contributed by atoms with E-state index in [-0.39, 0.29) is 36.1 Å². The van der Waals surface area contributed by atoms with Crippen LogP contribution in [-0.4, -0.2) is 67.4 Å². The first kappa shape index (κ1) is 15.2. The van der Waals surface area contributed by atoms with Crippen molar-refractivity contribution in [1.82, 2.24) is 10.6 Å². The van der Waals surface area contributed by atoms with Crippen molar-refractivity contribution in [3.05, 3.63) is 0 Å². The Bertz CT molecular complexity index is 537. The van der Waals surface area contributed by atoms with Crippen molar-refractivity contribution < 1.29 is 23.4 Å². The second kappa shape index (κ2) is 5.19. The predicted octanol–water partition coefficient (Wildman–Crippen LogP) is -2.13. The Hall–Kier alpha value is -0.700. The molecule has 0 spiro atoms. The highest BCUT2D eigenvalue weighted by Crippen LogP contribution is 2.52. The van der Waals surface area contributed by atoms with E-state index in [1.165, 1.54) is 0 Å². The van der Waals surface area contributed by atoms with Crippen LogP contribution in [0.15, 0.2) is 0 Å². The highest BCUT2D eigenvalue weighted by Gasteiger charge is 2.65. The molecule has 120 valence electrons. The molecule has 0 aromatic rings. The van der Waals surface area contributed by atoms with Crippen LogP contribution in [0.3, 0.4) is 0 Å². The molecule has 21 heavy (non-hydrogen) atoms. The van der Waals surface area contributed by atoms with E-state index in [1.807, 2.05) is 0 Å². The molecule has 4 N–H and O–H groups in total. The van der Waals surface area contributed by atoms with Gasteiger partial charge in [-0.15, -0.1) is 0 Å². The average Bonchev–Trinajstić information content (AvgIpc) is 2.88. The first-order valence-corrected chi connectivity index (χ1v) is 8.99. The standard InChI is InChI=1S/C13H22N2O5S/c1-14-11-9(3-7(17)5-16)21(19,20)12-6-2-8(10(11)12)13(18)15-4-6/h6-12,14,16-17H,2-5H2,1H3,(H,15,18)/t6-,7+,8?,9+,10+,11+,12+/m1/s1. The number of nitrogens with one attached hydrogen (secondary N) is 2. The summed E-state index contributed by atoms with van der Waals surface area (Å²) in [7, 11) is -1.74. The third-order valence-electron chi connectivity index (χ3n) is 5.41. The molecule has 1 amide bonds. The van der Waals surface area contributed by atoms with Crippen LogP contribution in [0, 0.1) is 17.8 Å². The Morgan fingerprint density at radius 2 is 2.19 bits per heavy atom. The van der Waals surface area contributed by atoms with Crippen LogP contribution in [0.4, 0.5) is 0 Å². The molecular weight excluding hydrogens is 296 g/mol. The summed E-state index contributed by atoms with van der Waals surface area (Å²) in [5.74, 6) is -0.590. The minimum Gasteiger partial charge on any atom is -0.394 e. The van der Waals surface area contributed by atoms with E-state index < -0.39 is 33.0 Å². The van der Waals surface area contributed by atoms with Crippen molar-refractivity contribution in [2.45, 2.75) is 35.5 Å². The summed E-state index contributed by atoms with van der Waals surface area (Å²) in [6.45, 7) is -0.0352. The van der Waals surface area contributed by atoms with Crippen LogP contribution >= 0.6 is 0 Å². The Kier molecular flexibility index (Phi) is 3.76. The smallest absolute Gasteiger partial charge is 0.223 e. The Morgan fingerprint density at radius 1 is 1.48 bits per heavy atom. The largest absolute Gasteiger partial charge is 0.394 e. The summed E-state index contributed by atoms with van der Waals surface area (Å²) in [4.78, 5) is 12.0. The molecule has 7 atom stereocenters. The lowest BCUT2D eigenvalue weighted by atomic mass is 9.85. The number of aliphatic hydroxyl groups excluding tert-OH is 2. The normalized spacial score (nSPS) is 45.2. The van der Waals surface area contributed by atoms with Crippen molar-refractivity contribution in [2.75, 3.05) is 20.2 Å². The zero-order chi connectivity index (χ0) is 15.4. The maximum absolute atomic E-state index is 12.9. The summed E-state index contributed by atoms with van der Waals surface area (Å²) in [6.07, 6.45) is -0.403. The van der Waals surface area contributed by atoms with E-state index in [2.05, 4.69) is 10.6 Å². The second-order valence-corrected chi connectivity index (χ2v) is 8.73. The van der Waals surface area contributed by atoms with Gasteiger partial charge in [0.1, 0.15) is 0 Å². The molecule has 2 bridgehead atoms. The molecule has 8 heteroatoms. The minimum absolute atomic E-state index is 0.0123. The molecule has 2 saturated heterocycles. The third kappa shape index (κ3) is 2.11. The van der Waals surface area contributed by atoms with E-state index in [0.29, 0.717) is 13.0 Å². The molecule has 2 aliphatic heterocycles. The molecule has 7 nitrogen and oxygen atoms in total. The quantitative estimate of drug-likeness (QED) is 0.470. The van der Waals surface area contributed by atoms with Crippen LogP contribution in [-0.2, 0) is 14.6 Å². The van der Waals surface area contributed by atoms with Gasteiger partial charge in [-0.2, -0.15) is 0 Å². The number of piperidine rings is 1. The fraction of sp³-hybridized carbons (Fsp3) is 0.923. The van der Waals surface area contributed by atoms with Crippen LogP contribution in [0.1, 0.15) is 12.8 Å². The van der Waals surface area contributed by atoms with E-state index in [1.54, 1.807) is 7.05 Å². The van der Waals surface area contributed by atoms with Crippen LogP contribution in [0.25, 0.3) is 0 Å². The van der Waals surface area contributed by atoms with Gasteiger partial charge in [0.2, 0.25) is 5.91 Å². The molecule has 1 unspecified atom stereocenters. The molecule has 3 aliphatic rings. The lowest BCUT2D eigenvalue weighted by Crippen LogP contribution is -2.47. The second-order valence-electron chi connectivity index (χ2n) is 6.40. The van der Waals surface area contributed by atoms with E-state index in [9.17, 15) is 18.3 Å². The Balaban J connectivity index is 1.97. The van der Waals surface area contributed by atoms with Crippen molar-refractivity contribution in [3.63, 3.8) is 0 Å². The van der Waals surface area contributed by atoms with Gasteiger partial charge in [-0.25, -0.2) is 8.42 Å². The fourth-order valence-corrected chi connectivity index (χ4v) is 7.76. The lowest BCUT2D eigenvalue weighted by molar-refractivity contribution is -0.127. The van der Waals surface area contributed by atoms with Gasteiger partial charge in [-0.05, 0) is 25.8 Å². The maximum atomic E-state index is 12.9. The van der Waals surface area contributed by atoms with E-state index in [0.717, 1.165) is 0 Å². The number of hydrogen-bond donors (Lipinski definition) is 4. The summed E-state index contributed by atoms with van der Waals surface area (Å²) in [5.41, 5.74) is 0. The molecule has 0 aromatic carbocycles. The monoisotopic (exact) mass is 318 g/mol. The minimum atomic E-state index is -3.43. The van der Waals surface area contributed by atoms with Crippen LogP contribution in [0.5, 0.6) is 0 Å². The molecular formula is C13H22N2O5S.